The third kappa shape index (κ3) is 4.30. The van der Waals surface area contributed by atoms with Gasteiger partial charge in [-0.3, -0.25) is 14.6 Å². The van der Waals surface area contributed by atoms with Gasteiger partial charge in [-0.05, 0) is 57.4 Å². The first kappa shape index (κ1) is 20.5. The number of Topliss-reactive ketones (excluding diaryl/α,β-unsaturated/α-hetero) is 1. The number of hydrogen-bond acceptors (Lipinski definition) is 6. The number of likely N-dealkylation sites (N-methyl/N-ethyl adjacent to an activating group) is 1. The van der Waals surface area contributed by atoms with Crippen LogP contribution in [0.25, 0.3) is 5.76 Å². The molecule has 3 rings (SSSR count). The Bertz CT molecular complexity index is 907. The van der Waals surface area contributed by atoms with Gasteiger partial charge in [0.1, 0.15) is 17.6 Å². The van der Waals surface area contributed by atoms with E-state index in [9.17, 15) is 14.7 Å². The van der Waals surface area contributed by atoms with Crippen molar-refractivity contribution in [1.29, 1.82) is 0 Å². The average molecular weight is 395 g/mol. The van der Waals surface area contributed by atoms with Crippen molar-refractivity contribution in [2.24, 2.45) is 0 Å². The molecule has 1 aliphatic rings. The molecule has 29 heavy (non-hydrogen) atoms. The molecule has 1 fully saturated rings. The van der Waals surface area contributed by atoms with Crippen molar-refractivity contribution in [3.63, 3.8) is 0 Å². The first-order valence-electron chi connectivity index (χ1n) is 9.51. The van der Waals surface area contributed by atoms with Crippen LogP contribution in [0.15, 0.2) is 54.2 Å². The molecule has 7 heteroatoms. The van der Waals surface area contributed by atoms with Gasteiger partial charge in [0.25, 0.3) is 11.7 Å². The number of benzene rings is 1. The molecular weight excluding hydrogens is 370 g/mol. The van der Waals surface area contributed by atoms with Gasteiger partial charge in [-0.15, -0.1) is 0 Å². The standard InChI is InChI=1S/C22H25N3O4/c1-4-29-16-10-8-15(9-11-16)20(26)18-19(17-7-5-6-12-23-17)25(14-13-24(2)3)22(28)21(18)27/h5-12,19,26H,4,13-14H2,1-3H3/b20-18-. The summed E-state index contributed by atoms with van der Waals surface area (Å²) in [4.78, 5) is 33.4. The first-order valence-corrected chi connectivity index (χ1v) is 9.51. The minimum absolute atomic E-state index is 0.0524. The van der Waals surface area contributed by atoms with Crippen molar-refractivity contribution >= 4 is 17.4 Å². The van der Waals surface area contributed by atoms with Gasteiger partial charge in [-0.25, -0.2) is 0 Å². The van der Waals surface area contributed by atoms with Gasteiger partial charge in [-0.1, -0.05) is 6.07 Å². The van der Waals surface area contributed by atoms with Crippen LogP contribution in [0.5, 0.6) is 5.75 Å². The quantitative estimate of drug-likeness (QED) is 0.441. The van der Waals surface area contributed by atoms with Crippen LogP contribution in [0, 0.1) is 0 Å². The predicted molar refractivity (Wildman–Crippen MR) is 109 cm³/mol. The summed E-state index contributed by atoms with van der Waals surface area (Å²) < 4.78 is 5.42. The number of ketones is 1. The maximum Gasteiger partial charge on any atom is 0.295 e. The van der Waals surface area contributed by atoms with E-state index in [0.717, 1.165) is 0 Å². The molecule has 1 aromatic heterocycles. The first-order chi connectivity index (χ1) is 13.9. The van der Waals surface area contributed by atoms with Crippen LogP contribution in [0.3, 0.4) is 0 Å². The highest BCUT2D eigenvalue weighted by Gasteiger charge is 2.46. The molecule has 0 bridgehead atoms. The average Bonchev–Trinajstić information content (AvgIpc) is 2.98. The summed E-state index contributed by atoms with van der Waals surface area (Å²) in [6.07, 6.45) is 1.61. The molecule has 7 nitrogen and oxygen atoms in total. The number of carbonyl (C=O) groups excluding carboxylic acids is 2. The molecule has 0 aliphatic carbocycles. The van der Waals surface area contributed by atoms with E-state index < -0.39 is 17.7 Å². The fraction of sp³-hybridized carbons (Fsp3) is 0.318. The van der Waals surface area contributed by atoms with Gasteiger partial charge in [0.05, 0.1) is 17.9 Å². The Labute approximate surface area is 170 Å². The van der Waals surface area contributed by atoms with Crippen LogP contribution in [-0.2, 0) is 9.59 Å². The second kappa shape index (κ2) is 8.87. The highest BCUT2D eigenvalue weighted by molar-refractivity contribution is 6.46. The zero-order valence-corrected chi connectivity index (χ0v) is 16.8. The number of pyridine rings is 1. The Morgan fingerprint density at radius 3 is 2.48 bits per heavy atom. The molecule has 1 N–H and O–H groups in total. The van der Waals surface area contributed by atoms with Gasteiger partial charge in [-0.2, -0.15) is 0 Å². The van der Waals surface area contributed by atoms with Crippen LogP contribution in [0.4, 0.5) is 0 Å². The van der Waals surface area contributed by atoms with E-state index >= 15 is 0 Å². The van der Waals surface area contributed by atoms with Crippen LogP contribution in [0.1, 0.15) is 24.2 Å². The normalized spacial score (nSPS) is 18.5. The lowest BCUT2D eigenvalue weighted by Crippen LogP contribution is -2.35. The summed E-state index contributed by atoms with van der Waals surface area (Å²) in [5.74, 6) is -0.882. The zero-order chi connectivity index (χ0) is 21.0. The molecule has 1 aromatic carbocycles. The molecule has 1 saturated heterocycles. The molecule has 1 unspecified atom stereocenters. The topological polar surface area (TPSA) is 83.0 Å². The van der Waals surface area contributed by atoms with Crippen LogP contribution in [0.2, 0.25) is 0 Å². The van der Waals surface area contributed by atoms with Gasteiger partial charge >= 0.3 is 0 Å². The van der Waals surface area contributed by atoms with E-state index in [-0.39, 0.29) is 11.3 Å². The molecule has 152 valence electrons. The number of aliphatic hydroxyl groups is 1. The lowest BCUT2D eigenvalue weighted by Gasteiger charge is -2.25. The number of rotatable bonds is 7. The molecular formula is C22H25N3O4. The number of nitrogens with zero attached hydrogens (tertiary/aromatic N) is 3. The summed E-state index contributed by atoms with van der Waals surface area (Å²) in [6, 6.07) is 11.4. The van der Waals surface area contributed by atoms with Crippen LogP contribution >= 0.6 is 0 Å². The minimum Gasteiger partial charge on any atom is -0.507 e. The molecule has 1 atom stereocenters. The largest absolute Gasteiger partial charge is 0.507 e. The summed E-state index contributed by atoms with van der Waals surface area (Å²) in [5.41, 5.74) is 1.04. The number of carbonyl (C=O) groups is 2. The van der Waals surface area contributed by atoms with Crippen molar-refractivity contribution < 1.29 is 19.4 Å². The van der Waals surface area contributed by atoms with Crippen molar-refractivity contribution in [2.75, 3.05) is 33.8 Å². The van der Waals surface area contributed by atoms with Gasteiger partial charge in [0.15, 0.2) is 0 Å². The maximum atomic E-state index is 12.9. The number of ether oxygens (including phenoxy) is 1. The van der Waals surface area contributed by atoms with Crippen LogP contribution in [-0.4, -0.2) is 65.4 Å². The van der Waals surface area contributed by atoms with E-state index in [1.54, 1.807) is 48.7 Å². The highest BCUT2D eigenvalue weighted by Crippen LogP contribution is 2.38. The van der Waals surface area contributed by atoms with Crippen molar-refractivity contribution in [3.05, 3.63) is 65.5 Å². The molecule has 1 amide bonds. The van der Waals surface area contributed by atoms with Gasteiger partial charge in [0.2, 0.25) is 0 Å². The van der Waals surface area contributed by atoms with E-state index in [1.165, 1.54) is 4.90 Å². The predicted octanol–water partition coefficient (Wildman–Crippen LogP) is 2.46. The SMILES string of the molecule is CCOc1ccc(/C(O)=C2/C(=O)C(=O)N(CCN(C)C)C2c2ccccn2)cc1. The van der Waals surface area contributed by atoms with Crippen LogP contribution < -0.4 is 4.74 Å². The molecule has 0 radical (unpaired) electrons. The number of likely N-dealkylation sites (tertiary alicyclic amines) is 1. The monoisotopic (exact) mass is 395 g/mol. The second-order valence-corrected chi connectivity index (χ2v) is 7.01. The third-order valence-corrected chi connectivity index (χ3v) is 4.73. The fourth-order valence-electron chi connectivity index (χ4n) is 3.29. The number of aromatic nitrogens is 1. The fourth-order valence-corrected chi connectivity index (χ4v) is 3.29. The lowest BCUT2D eigenvalue weighted by atomic mass is 9.98. The smallest absolute Gasteiger partial charge is 0.295 e. The highest BCUT2D eigenvalue weighted by atomic mass is 16.5. The maximum absolute atomic E-state index is 12.9. The van der Waals surface area contributed by atoms with Crippen molar-refractivity contribution in [2.45, 2.75) is 13.0 Å². The molecule has 1 aliphatic heterocycles. The molecule has 0 saturated carbocycles. The summed E-state index contributed by atoms with van der Waals surface area (Å²) in [6.45, 7) is 3.34. The lowest BCUT2D eigenvalue weighted by molar-refractivity contribution is -0.140. The Kier molecular flexibility index (Phi) is 6.29. The Morgan fingerprint density at radius 2 is 1.90 bits per heavy atom. The minimum atomic E-state index is -0.734. The van der Waals surface area contributed by atoms with Gasteiger partial charge in [0, 0.05) is 24.8 Å². The number of amides is 1. The third-order valence-electron chi connectivity index (χ3n) is 4.73. The molecule has 2 aromatic rings. The van der Waals surface area contributed by atoms with Crippen molar-refractivity contribution in [1.82, 2.24) is 14.8 Å². The molecule has 2 heterocycles. The van der Waals surface area contributed by atoms with Crippen molar-refractivity contribution in [3.8, 4) is 5.75 Å². The van der Waals surface area contributed by atoms with E-state index in [4.69, 9.17) is 4.74 Å². The van der Waals surface area contributed by atoms with E-state index in [2.05, 4.69) is 4.98 Å². The molecule has 0 spiro atoms. The summed E-state index contributed by atoms with van der Waals surface area (Å²) in [7, 11) is 3.79. The van der Waals surface area contributed by atoms with E-state index in [0.29, 0.717) is 36.7 Å². The zero-order valence-electron chi connectivity index (χ0n) is 16.8. The Morgan fingerprint density at radius 1 is 1.17 bits per heavy atom. The summed E-state index contributed by atoms with van der Waals surface area (Å²) in [5, 5.41) is 11.0. The van der Waals surface area contributed by atoms with E-state index in [1.807, 2.05) is 25.9 Å². The number of aliphatic hydroxyl groups excluding tert-OH is 1. The summed E-state index contributed by atoms with van der Waals surface area (Å²) >= 11 is 0. The Balaban J connectivity index is 2.07. The number of hydrogen-bond donors (Lipinski definition) is 1. The second-order valence-electron chi connectivity index (χ2n) is 7.01. The van der Waals surface area contributed by atoms with Gasteiger partial charge < -0.3 is 19.6 Å². The Hall–Kier alpha value is -3.19.